The van der Waals surface area contributed by atoms with Crippen molar-refractivity contribution in [3.8, 4) is 0 Å². The van der Waals surface area contributed by atoms with Crippen molar-refractivity contribution in [2.24, 2.45) is 5.92 Å². The van der Waals surface area contributed by atoms with E-state index in [1.54, 1.807) is 0 Å². The van der Waals surface area contributed by atoms with Crippen LogP contribution in [0.15, 0.2) is 10.7 Å². The van der Waals surface area contributed by atoms with Crippen LogP contribution in [0.25, 0.3) is 0 Å². The van der Waals surface area contributed by atoms with Gasteiger partial charge in [-0.25, -0.2) is 0 Å². The molecule has 1 aromatic heterocycles. The van der Waals surface area contributed by atoms with E-state index in [1.165, 1.54) is 12.8 Å². The normalized spacial score (nSPS) is 21.0. The fourth-order valence-electron chi connectivity index (χ4n) is 1.88. The average molecular weight is 274 g/mol. The molecule has 0 radical (unpaired) electrons. The van der Waals surface area contributed by atoms with Crippen LogP contribution in [0.4, 0.5) is 5.82 Å². The second kappa shape index (κ2) is 4.99. The minimum atomic E-state index is 0.569. The predicted octanol–water partition coefficient (Wildman–Crippen LogP) is 2.04. The number of aryl methyl sites for hydroxylation is 1. The highest BCUT2D eigenvalue weighted by molar-refractivity contribution is 9.10. The summed E-state index contributed by atoms with van der Waals surface area (Å²) in [4.78, 5) is 0. The van der Waals surface area contributed by atoms with Gasteiger partial charge in [0, 0.05) is 26.0 Å². The van der Waals surface area contributed by atoms with Crippen LogP contribution in [-0.2, 0) is 11.3 Å². The number of rotatable bonds is 4. The smallest absolute Gasteiger partial charge is 0.159 e. The third-order valence-electron chi connectivity index (χ3n) is 2.77. The topological polar surface area (TPSA) is 53.1 Å². The number of hydrogen-bond acceptors (Lipinski definition) is 3. The first-order chi connectivity index (χ1) is 7.25. The van der Waals surface area contributed by atoms with Crippen molar-refractivity contribution in [1.29, 1.82) is 0 Å². The maximum atomic E-state index is 5.64. The Balaban J connectivity index is 1.73. The molecule has 5 heteroatoms. The Kier molecular flexibility index (Phi) is 3.64. The molecule has 4 nitrogen and oxygen atoms in total. The quantitative estimate of drug-likeness (QED) is 0.914. The molecule has 2 N–H and O–H groups in total. The number of nitrogens with two attached hydrogens (primary N) is 1. The summed E-state index contributed by atoms with van der Waals surface area (Å²) < 4.78 is 8.11. The van der Waals surface area contributed by atoms with Crippen LogP contribution in [0, 0.1) is 5.92 Å². The number of hydrogen-bond donors (Lipinski definition) is 1. The summed E-state index contributed by atoms with van der Waals surface area (Å²) in [5, 5.41) is 4.19. The summed E-state index contributed by atoms with van der Waals surface area (Å²) in [7, 11) is 0. The molecule has 1 saturated heterocycles. The van der Waals surface area contributed by atoms with E-state index in [-0.39, 0.29) is 0 Å². The highest BCUT2D eigenvalue weighted by Gasteiger charge is 2.14. The zero-order valence-electron chi connectivity index (χ0n) is 8.66. The molecule has 1 fully saturated rings. The highest BCUT2D eigenvalue weighted by Crippen LogP contribution is 2.20. The van der Waals surface area contributed by atoms with E-state index < -0.39 is 0 Å². The van der Waals surface area contributed by atoms with Crippen LogP contribution in [0.2, 0.25) is 0 Å². The van der Waals surface area contributed by atoms with Crippen LogP contribution in [0.5, 0.6) is 0 Å². The van der Waals surface area contributed by atoms with Crippen molar-refractivity contribution in [3.05, 3.63) is 10.7 Å². The Morgan fingerprint density at radius 3 is 3.13 bits per heavy atom. The van der Waals surface area contributed by atoms with Crippen LogP contribution < -0.4 is 5.73 Å². The molecule has 2 heterocycles. The third-order valence-corrected chi connectivity index (χ3v) is 3.38. The number of ether oxygens (including phenoxy) is 1. The Hall–Kier alpha value is -0.550. The summed E-state index contributed by atoms with van der Waals surface area (Å²) in [5.74, 6) is 1.32. The van der Waals surface area contributed by atoms with E-state index >= 15 is 0 Å². The van der Waals surface area contributed by atoms with Gasteiger partial charge < -0.3 is 10.5 Å². The van der Waals surface area contributed by atoms with E-state index in [9.17, 15) is 0 Å². The standard InChI is InChI=1S/C10H16BrN3O/c11-9-6-14(13-10(9)12)4-1-2-8-3-5-15-7-8/h6,8H,1-5,7H2,(H2,12,13). The Morgan fingerprint density at radius 2 is 2.53 bits per heavy atom. The maximum absolute atomic E-state index is 5.64. The molecule has 1 aromatic rings. The molecule has 15 heavy (non-hydrogen) atoms. The van der Waals surface area contributed by atoms with Gasteiger partial charge in [0.2, 0.25) is 0 Å². The minimum Gasteiger partial charge on any atom is -0.381 e. The Morgan fingerprint density at radius 1 is 1.67 bits per heavy atom. The Labute approximate surface area is 97.9 Å². The van der Waals surface area contributed by atoms with Gasteiger partial charge in [-0.15, -0.1) is 0 Å². The molecule has 1 unspecified atom stereocenters. The number of halogens is 1. The molecule has 0 saturated carbocycles. The van der Waals surface area contributed by atoms with Gasteiger partial charge in [0.15, 0.2) is 5.82 Å². The number of nitrogens with zero attached hydrogens (tertiary/aromatic N) is 2. The number of aromatic nitrogens is 2. The first-order valence-corrected chi connectivity index (χ1v) is 6.11. The molecule has 0 amide bonds. The molecule has 1 aliphatic heterocycles. The molecular formula is C10H16BrN3O. The van der Waals surface area contributed by atoms with Gasteiger partial charge in [-0.05, 0) is 41.1 Å². The lowest BCUT2D eigenvalue weighted by Crippen LogP contribution is -2.04. The molecule has 2 rings (SSSR count). The molecule has 0 aliphatic carbocycles. The molecule has 0 spiro atoms. The molecule has 84 valence electrons. The van der Waals surface area contributed by atoms with Gasteiger partial charge in [0.05, 0.1) is 4.47 Å². The summed E-state index contributed by atoms with van der Waals surface area (Å²) in [6.07, 6.45) is 5.50. The fourth-order valence-corrected chi connectivity index (χ4v) is 2.20. The number of nitrogen functional groups attached to an aromatic ring is 1. The molecule has 1 aliphatic rings. The van der Waals surface area contributed by atoms with E-state index in [1.807, 2.05) is 10.9 Å². The number of anilines is 1. The lowest BCUT2D eigenvalue weighted by molar-refractivity contribution is 0.183. The monoisotopic (exact) mass is 273 g/mol. The van der Waals surface area contributed by atoms with Gasteiger partial charge in [-0.1, -0.05) is 0 Å². The van der Waals surface area contributed by atoms with Crippen LogP contribution in [-0.4, -0.2) is 23.0 Å². The van der Waals surface area contributed by atoms with Crippen LogP contribution in [0.1, 0.15) is 19.3 Å². The van der Waals surface area contributed by atoms with Crippen molar-refractivity contribution in [2.45, 2.75) is 25.8 Å². The molecule has 0 bridgehead atoms. The van der Waals surface area contributed by atoms with Crippen molar-refractivity contribution in [1.82, 2.24) is 9.78 Å². The zero-order chi connectivity index (χ0) is 10.7. The van der Waals surface area contributed by atoms with Gasteiger partial charge in [0.1, 0.15) is 0 Å². The van der Waals surface area contributed by atoms with Gasteiger partial charge in [-0.2, -0.15) is 5.10 Å². The van der Waals surface area contributed by atoms with Gasteiger partial charge in [0.25, 0.3) is 0 Å². The van der Waals surface area contributed by atoms with Gasteiger partial charge >= 0.3 is 0 Å². The highest BCUT2D eigenvalue weighted by atomic mass is 79.9. The van der Waals surface area contributed by atoms with Crippen LogP contribution in [0.3, 0.4) is 0 Å². The lowest BCUT2D eigenvalue weighted by Gasteiger charge is -2.06. The largest absolute Gasteiger partial charge is 0.381 e. The van der Waals surface area contributed by atoms with Crippen molar-refractivity contribution in [3.63, 3.8) is 0 Å². The SMILES string of the molecule is Nc1nn(CCCC2CCOC2)cc1Br. The fraction of sp³-hybridized carbons (Fsp3) is 0.700. The first-order valence-electron chi connectivity index (χ1n) is 5.32. The third kappa shape index (κ3) is 2.95. The molecular weight excluding hydrogens is 258 g/mol. The summed E-state index contributed by atoms with van der Waals surface area (Å²) in [6.45, 7) is 2.81. The van der Waals surface area contributed by atoms with E-state index in [0.717, 1.165) is 36.6 Å². The second-order valence-electron chi connectivity index (χ2n) is 4.00. The molecule has 0 aromatic carbocycles. The summed E-state index contributed by atoms with van der Waals surface area (Å²) in [5.41, 5.74) is 5.64. The first kappa shape index (κ1) is 11.0. The molecule has 1 atom stereocenters. The minimum absolute atomic E-state index is 0.569. The van der Waals surface area contributed by atoms with Crippen molar-refractivity contribution < 1.29 is 4.74 Å². The predicted molar refractivity (Wildman–Crippen MR) is 62.5 cm³/mol. The average Bonchev–Trinajstić information content (AvgIpc) is 2.79. The maximum Gasteiger partial charge on any atom is 0.159 e. The van der Waals surface area contributed by atoms with Crippen molar-refractivity contribution >= 4 is 21.7 Å². The lowest BCUT2D eigenvalue weighted by atomic mass is 10.0. The van der Waals surface area contributed by atoms with E-state index in [2.05, 4.69) is 21.0 Å². The van der Waals surface area contributed by atoms with Gasteiger partial charge in [-0.3, -0.25) is 4.68 Å². The summed E-state index contributed by atoms with van der Waals surface area (Å²) in [6, 6.07) is 0. The second-order valence-corrected chi connectivity index (χ2v) is 4.85. The Bertz CT molecular complexity index is 301. The van der Waals surface area contributed by atoms with E-state index in [4.69, 9.17) is 10.5 Å². The van der Waals surface area contributed by atoms with E-state index in [0.29, 0.717) is 5.82 Å². The summed E-state index contributed by atoms with van der Waals surface area (Å²) >= 11 is 3.35. The van der Waals surface area contributed by atoms with Crippen LogP contribution >= 0.6 is 15.9 Å². The van der Waals surface area contributed by atoms with Crippen molar-refractivity contribution in [2.75, 3.05) is 18.9 Å². The zero-order valence-corrected chi connectivity index (χ0v) is 10.2.